The summed E-state index contributed by atoms with van der Waals surface area (Å²) in [7, 11) is 3.76. The Hall–Kier alpha value is -4.70. The minimum absolute atomic E-state index is 0.0238. The molecule has 0 aliphatic rings. The maximum absolute atomic E-state index is 12.1. The Bertz CT molecular complexity index is 1230. The number of hydrogen-bond donors (Lipinski definition) is 0. The largest absolute Gasteiger partial charge is 0.444 e. The monoisotopic (exact) mass is 547 g/mol. The van der Waals surface area contributed by atoms with E-state index in [0.29, 0.717) is 18.6 Å². The molecule has 200 valence electrons. The minimum Gasteiger partial charge on any atom is -0.371 e. The molecule has 0 fully saturated rings. The molecular weight excluding hydrogens is 526 g/mol. The normalized spacial score (nSPS) is 11.3. The lowest BCUT2D eigenvalue weighted by atomic mass is 10.2. The third kappa shape index (κ3) is 10.1. The number of benzene rings is 2. The van der Waals surface area contributed by atoms with Gasteiger partial charge in [0.25, 0.3) is 11.4 Å². The minimum atomic E-state index is -1.30. The van der Waals surface area contributed by atoms with E-state index in [4.69, 9.17) is 0 Å². The van der Waals surface area contributed by atoms with Crippen LogP contribution in [0.15, 0.2) is 58.5 Å². The second-order valence-electron chi connectivity index (χ2n) is 7.36. The van der Waals surface area contributed by atoms with Crippen molar-refractivity contribution in [2.75, 3.05) is 26.4 Å². The highest BCUT2D eigenvalue weighted by Gasteiger charge is 2.16. The van der Waals surface area contributed by atoms with Crippen molar-refractivity contribution in [3.63, 3.8) is 0 Å². The average molecular weight is 548 g/mol. The first kappa shape index (κ1) is 29.5. The Morgan fingerprint density at radius 2 is 1.45 bits per heavy atom. The smallest absolute Gasteiger partial charge is 0.371 e. The third-order valence-electron chi connectivity index (χ3n) is 4.31. The van der Waals surface area contributed by atoms with Crippen LogP contribution in [0.25, 0.3) is 0 Å². The molecule has 0 heterocycles. The number of thioether (sulfide) groups is 1. The van der Waals surface area contributed by atoms with Gasteiger partial charge in [-0.05, 0) is 51.3 Å². The average Bonchev–Trinajstić information content (AvgIpc) is 2.88. The number of non-ortho nitro benzene ring substituents is 2. The van der Waals surface area contributed by atoms with E-state index < -0.39 is 27.9 Å². The van der Waals surface area contributed by atoms with Crippen LogP contribution in [0.2, 0.25) is 0 Å². The van der Waals surface area contributed by atoms with Gasteiger partial charge in [-0.3, -0.25) is 25.1 Å². The number of carbonyl (C=O) groups excluding carboxylic acids is 3. The molecule has 0 saturated carbocycles. The number of esters is 1. The lowest BCUT2D eigenvalue weighted by molar-refractivity contribution is -0.385. The topological polar surface area (TPSA) is 193 Å². The van der Waals surface area contributed by atoms with E-state index in [2.05, 4.69) is 24.5 Å². The molecular formula is C22H21N5O10S. The molecule has 2 rings (SSSR count). The van der Waals surface area contributed by atoms with Crippen LogP contribution in [0, 0.1) is 20.2 Å². The number of nitro benzene ring substituents is 2. The lowest BCUT2D eigenvalue weighted by Gasteiger charge is -2.08. The fourth-order valence-electron chi connectivity index (χ4n) is 2.50. The van der Waals surface area contributed by atoms with E-state index in [9.17, 15) is 34.6 Å². The summed E-state index contributed by atoms with van der Waals surface area (Å²) in [6, 6.07) is 8.98. The van der Waals surface area contributed by atoms with Gasteiger partial charge in [-0.15, -0.1) is 4.99 Å². The second-order valence-corrected chi connectivity index (χ2v) is 8.43. The van der Waals surface area contributed by atoms with E-state index in [0.717, 1.165) is 54.7 Å². The van der Waals surface area contributed by atoms with Crippen molar-refractivity contribution in [3.8, 4) is 0 Å². The number of amidine groups is 1. The highest BCUT2D eigenvalue weighted by molar-refractivity contribution is 8.13. The molecule has 38 heavy (non-hydrogen) atoms. The van der Waals surface area contributed by atoms with Crippen molar-refractivity contribution < 1.29 is 38.7 Å². The number of amides is 1. The first-order valence-electron chi connectivity index (χ1n) is 10.6. The predicted molar refractivity (Wildman–Crippen MR) is 135 cm³/mol. The van der Waals surface area contributed by atoms with E-state index in [-0.39, 0.29) is 27.7 Å². The van der Waals surface area contributed by atoms with Gasteiger partial charge in [0, 0.05) is 30.0 Å². The first-order valence-corrected chi connectivity index (χ1v) is 11.6. The van der Waals surface area contributed by atoms with E-state index in [1.807, 2.05) is 19.0 Å². The number of nitrogens with zero attached hydrogens (tertiary/aromatic N) is 5. The van der Waals surface area contributed by atoms with Crippen LogP contribution in [-0.2, 0) is 14.5 Å². The van der Waals surface area contributed by atoms with Crippen molar-refractivity contribution in [1.29, 1.82) is 0 Å². The summed E-state index contributed by atoms with van der Waals surface area (Å²) in [4.78, 5) is 74.9. The highest BCUT2D eigenvalue weighted by atomic mass is 32.2. The first-order chi connectivity index (χ1) is 18.1. The van der Waals surface area contributed by atoms with Gasteiger partial charge < -0.3 is 9.64 Å². The summed E-state index contributed by atoms with van der Waals surface area (Å²) >= 11 is 1.03. The van der Waals surface area contributed by atoms with E-state index >= 15 is 0 Å². The summed E-state index contributed by atoms with van der Waals surface area (Å²) in [5.74, 6) is -1.57. The zero-order chi connectivity index (χ0) is 28.1. The Kier molecular flexibility index (Phi) is 11.5. The summed E-state index contributed by atoms with van der Waals surface area (Å²) < 4.78 is 4.64. The number of hydrogen-bond acceptors (Lipinski definition) is 12. The van der Waals surface area contributed by atoms with E-state index in [1.54, 1.807) is 0 Å². The van der Waals surface area contributed by atoms with Gasteiger partial charge in [0.2, 0.25) is 6.40 Å². The Morgan fingerprint density at radius 1 is 0.921 bits per heavy atom. The molecule has 0 bridgehead atoms. The maximum Gasteiger partial charge on any atom is 0.444 e. The van der Waals surface area contributed by atoms with Crippen molar-refractivity contribution in [1.82, 2.24) is 4.90 Å². The Balaban J connectivity index is 2.00. The molecule has 0 aliphatic carbocycles. The molecule has 2 aromatic rings. The number of carbonyl (C=O) groups is 3. The molecule has 0 aromatic heterocycles. The van der Waals surface area contributed by atoms with Crippen LogP contribution in [0.1, 0.15) is 27.1 Å². The summed E-state index contributed by atoms with van der Waals surface area (Å²) in [5, 5.41) is 21.2. The van der Waals surface area contributed by atoms with Gasteiger partial charge in [-0.25, -0.2) is 19.3 Å². The highest BCUT2D eigenvalue weighted by Crippen LogP contribution is 2.15. The van der Waals surface area contributed by atoms with Gasteiger partial charge >= 0.3 is 18.0 Å². The molecule has 15 nitrogen and oxygen atoms in total. The molecule has 0 aliphatic heterocycles. The zero-order valence-corrected chi connectivity index (χ0v) is 20.9. The SMILES string of the molecule is CN(C)CCCSC(N=COOC(=O)c1ccc([N+](=O)[O-])cc1)=NC(=O)OC(=O)c1ccc([N+](=O)[O-])cc1. The zero-order valence-electron chi connectivity index (χ0n) is 20.0. The molecule has 0 unspecified atom stereocenters. The Labute approximate surface area is 219 Å². The molecule has 1 amide bonds. The molecule has 0 spiro atoms. The number of rotatable bonds is 10. The van der Waals surface area contributed by atoms with Crippen LogP contribution in [0.5, 0.6) is 0 Å². The van der Waals surface area contributed by atoms with Crippen molar-refractivity contribution >= 4 is 52.7 Å². The van der Waals surface area contributed by atoms with Gasteiger partial charge in [0.05, 0.1) is 21.0 Å². The van der Waals surface area contributed by atoms with Gasteiger partial charge in [0.15, 0.2) is 5.17 Å². The van der Waals surface area contributed by atoms with E-state index in [1.165, 1.54) is 12.1 Å². The standard InChI is InChI=1S/C22H21N5O10S/c1-25(2)12-3-13-38-21(23-14-35-37-20(29)16-6-10-18(11-7-16)27(33)34)24-22(30)36-19(28)15-4-8-17(9-5-15)26(31)32/h4-11,14H,3,12-13H2,1-2H3. The van der Waals surface area contributed by atoms with Crippen LogP contribution in [0.3, 0.4) is 0 Å². The number of nitro groups is 2. The molecule has 0 atom stereocenters. The van der Waals surface area contributed by atoms with Crippen molar-refractivity contribution in [2.45, 2.75) is 6.42 Å². The molecule has 0 saturated heterocycles. The lowest BCUT2D eigenvalue weighted by Crippen LogP contribution is -2.14. The third-order valence-corrected chi connectivity index (χ3v) is 5.25. The fraction of sp³-hybridized carbons (Fsp3) is 0.227. The Morgan fingerprint density at radius 3 is 1.95 bits per heavy atom. The van der Waals surface area contributed by atoms with Gasteiger partial charge in [0.1, 0.15) is 0 Å². The predicted octanol–water partition coefficient (Wildman–Crippen LogP) is 3.64. The van der Waals surface area contributed by atoms with Crippen LogP contribution in [0.4, 0.5) is 16.2 Å². The number of ether oxygens (including phenoxy) is 1. The molecule has 16 heteroatoms. The van der Waals surface area contributed by atoms with Gasteiger partial charge in [-0.2, -0.15) is 4.99 Å². The van der Waals surface area contributed by atoms with Crippen molar-refractivity contribution in [2.24, 2.45) is 9.98 Å². The summed E-state index contributed by atoms with van der Waals surface area (Å²) in [5.41, 5.74) is -0.588. The molecule has 0 radical (unpaired) electrons. The maximum atomic E-state index is 12.1. The number of aliphatic imine (C=N–C) groups is 2. The molecule has 2 aromatic carbocycles. The van der Waals surface area contributed by atoms with Crippen LogP contribution in [-0.4, -0.2) is 70.7 Å². The second kappa shape index (κ2) is 14.8. The van der Waals surface area contributed by atoms with Gasteiger partial charge in [-0.1, -0.05) is 11.8 Å². The van der Waals surface area contributed by atoms with Crippen molar-refractivity contribution in [3.05, 3.63) is 79.9 Å². The quantitative estimate of drug-likeness (QED) is 0.0613. The molecule has 0 N–H and O–H groups in total. The summed E-state index contributed by atoms with van der Waals surface area (Å²) in [6.07, 6.45) is 0.0781. The van der Waals surface area contributed by atoms with Crippen LogP contribution >= 0.6 is 11.8 Å². The van der Waals surface area contributed by atoms with Crippen LogP contribution < -0.4 is 0 Å². The summed E-state index contributed by atoms with van der Waals surface area (Å²) in [6.45, 7) is 0.733. The fourth-order valence-corrected chi connectivity index (χ4v) is 3.21.